The highest BCUT2D eigenvalue weighted by Crippen LogP contribution is 2.24. The molecule has 2 aromatic rings. The molecule has 1 aliphatic rings. The molecule has 1 saturated heterocycles. The Labute approximate surface area is 165 Å². The SMILES string of the molecule is COc1cc(-n2nc(N3CCOC([C@@H](OC(C)=O)C(=O)O)C3=O)cc2C)ccn1. The highest BCUT2D eigenvalue weighted by molar-refractivity contribution is 6.00. The molecule has 1 fully saturated rings. The molecule has 2 aromatic heterocycles. The number of hydrogen-bond donors (Lipinski definition) is 1. The molecule has 0 aliphatic carbocycles. The van der Waals surface area contributed by atoms with Gasteiger partial charge in [-0.15, -0.1) is 5.10 Å². The number of esters is 1. The van der Waals surface area contributed by atoms with Gasteiger partial charge >= 0.3 is 11.9 Å². The molecule has 0 saturated carbocycles. The van der Waals surface area contributed by atoms with E-state index in [4.69, 9.17) is 14.2 Å². The second kappa shape index (κ2) is 8.27. The summed E-state index contributed by atoms with van der Waals surface area (Å²) in [6.07, 6.45) is -1.63. The maximum absolute atomic E-state index is 12.9. The summed E-state index contributed by atoms with van der Waals surface area (Å²) in [4.78, 5) is 40.9. The van der Waals surface area contributed by atoms with Gasteiger partial charge in [0.15, 0.2) is 11.9 Å². The molecule has 0 radical (unpaired) electrons. The number of methoxy groups -OCH3 is 1. The number of carboxylic acid groups (broad SMARTS) is 1. The molecule has 0 spiro atoms. The van der Waals surface area contributed by atoms with Crippen LogP contribution in [0.2, 0.25) is 0 Å². The van der Waals surface area contributed by atoms with Gasteiger partial charge in [-0.05, 0) is 13.0 Å². The minimum Gasteiger partial charge on any atom is -0.481 e. The highest BCUT2D eigenvalue weighted by Gasteiger charge is 2.43. The summed E-state index contributed by atoms with van der Waals surface area (Å²) in [5.41, 5.74) is 1.42. The van der Waals surface area contributed by atoms with Gasteiger partial charge in [-0.25, -0.2) is 14.5 Å². The van der Waals surface area contributed by atoms with Gasteiger partial charge in [0.1, 0.15) is 0 Å². The molecule has 3 heterocycles. The van der Waals surface area contributed by atoms with Crippen molar-refractivity contribution in [1.29, 1.82) is 0 Å². The molecule has 1 aliphatic heterocycles. The molecule has 11 nitrogen and oxygen atoms in total. The second-order valence-corrected chi connectivity index (χ2v) is 6.26. The van der Waals surface area contributed by atoms with Crippen LogP contribution in [0, 0.1) is 6.92 Å². The molecular weight excluding hydrogens is 384 g/mol. The van der Waals surface area contributed by atoms with Gasteiger partial charge in [0.25, 0.3) is 5.91 Å². The van der Waals surface area contributed by atoms with Crippen LogP contribution in [0.1, 0.15) is 12.6 Å². The first-order valence-electron chi connectivity index (χ1n) is 8.72. The van der Waals surface area contributed by atoms with Crippen molar-refractivity contribution < 1.29 is 33.7 Å². The summed E-state index contributed by atoms with van der Waals surface area (Å²) in [6, 6.07) is 5.11. The number of amides is 1. The van der Waals surface area contributed by atoms with E-state index >= 15 is 0 Å². The summed E-state index contributed by atoms with van der Waals surface area (Å²) in [6.45, 7) is 3.12. The standard InChI is InChI=1S/C18H20N4O7/c1-10-8-13(20-22(10)12-4-5-19-14(9-12)27-3)21-6-7-28-15(17(21)24)16(18(25)26)29-11(2)23/h4-5,8-9,15-16H,6-7H2,1-3H3,(H,25,26)/t15?,16-/m1/s1. The number of carboxylic acids is 1. The van der Waals surface area contributed by atoms with Crippen LogP contribution in [-0.4, -0.2) is 70.2 Å². The Bertz CT molecular complexity index is 942. The lowest BCUT2D eigenvalue weighted by atomic mass is 10.1. The molecule has 2 atom stereocenters. The van der Waals surface area contributed by atoms with Crippen LogP contribution in [0.4, 0.5) is 5.82 Å². The number of ether oxygens (including phenoxy) is 3. The van der Waals surface area contributed by atoms with Crippen LogP contribution in [0.3, 0.4) is 0 Å². The van der Waals surface area contributed by atoms with Gasteiger partial charge in [0, 0.05) is 30.9 Å². The molecule has 11 heteroatoms. The zero-order valence-corrected chi connectivity index (χ0v) is 16.1. The van der Waals surface area contributed by atoms with Gasteiger partial charge < -0.3 is 19.3 Å². The molecular formula is C18H20N4O7. The van der Waals surface area contributed by atoms with Crippen molar-refractivity contribution in [3.8, 4) is 11.6 Å². The first-order valence-corrected chi connectivity index (χ1v) is 8.72. The van der Waals surface area contributed by atoms with Crippen LogP contribution in [0.5, 0.6) is 5.88 Å². The molecule has 29 heavy (non-hydrogen) atoms. The van der Waals surface area contributed by atoms with Crippen LogP contribution in [-0.2, 0) is 23.9 Å². The van der Waals surface area contributed by atoms with E-state index in [1.807, 2.05) is 6.92 Å². The van der Waals surface area contributed by atoms with E-state index in [-0.39, 0.29) is 13.2 Å². The van der Waals surface area contributed by atoms with Crippen molar-refractivity contribution in [2.24, 2.45) is 0 Å². The number of rotatable bonds is 6. The van der Waals surface area contributed by atoms with Gasteiger partial charge in [-0.2, -0.15) is 0 Å². The Balaban J connectivity index is 1.89. The number of anilines is 1. The van der Waals surface area contributed by atoms with Crippen LogP contribution in [0.25, 0.3) is 5.69 Å². The average Bonchev–Trinajstić information content (AvgIpc) is 3.07. The van der Waals surface area contributed by atoms with Crippen LogP contribution >= 0.6 is 0 Å². The first-order chi connectivity index (χ1) is 13.8. The van der Waals surface area contributed by atoms with Crippen molar-refractivity contribution in [2.45, 2.75) is 26.1 Å². The van der Waals surface area contributed by atoms with Gasteiger partial charge in [0.05, 0.1) is 25.9 Å². The minimum atomic E-state index is -1.74. The van der Waals surface area contributed by atoms with E-state index in [1.165, 1.54) is 12.0 Å². The maximum Gasteiger partial charge on any atom is 0.348 e. The molecule has 3 rings (SSSR count). The smallest absolute Gasteiger partial charge is 0.348 e. The fraction of sp³-hybridized carbons (Fsp3) is 0.389. The number of hydrogen-bond acceptors (Lipinski definition) is 8. The summed E-state index contributed by atoms with van der Waals surface area (Å²) in [5.74, 6) is -2.21. The monoisotopic (exact) mass is 404 g/mol. The number of aryl methyl sites for hydroxylation is 1. The number of pyridine rings is 1. The number of aromatic nitrogens is 3. The van der Waals surface area contributed by atoms with Crippen molar-refractivity contribution >= 4 is 23.7 Å². The summed E-state index contributed by atoms with van der Waals surface area (Å²) >= 11 is 0. The number of carbonyl (C=O) groups is 3. The third-order valence-corrected chi connectivity index (χ3v) is 4.26. The van der Waals surface area contributed by atoms with Crippen molar-refractivity contribution in [2.75, 3.05) is 25.2 Å². The zero-order chi connectivity index (χ0) is 21.1. The Hall–Kier alpha value is -3.47. The number of carbonyl (C=O) groups excluding carboxylic acids is 2. The highest BCUT2D eigenvalue weighted by atomic mass is 16.6. The summed E-state index contributed by atoms with van der Waals surface area (Å²) < 4.78 is 16.8. The molecule has 154 valence electrons. The predicted molar refractivity (Wildman–Crippen MR) is 97.9 cm³/mol. The van der Waals surface area contributed by atoms with E-state index in [1.54, 1.807) is 29.1 Å². The number of nitrogens with zero attached hydrogens (tertiary/aromatic N) is 4. The van der Waals surface area contributed by atoms with Crippen molar-refractivity contribution in [3.05, 3.63) is 30.1 Å². The van der Waals surface area contributed by atoms with Gasteiger partial charge in [-0.3, -0.25) is 14.5 Å². The lowest BCUT2D eigenvalue weighted by Gasteiger charge is -2.33. The molecule has 1 N–H and O–H groups in total. The third-order valence-electron chi connectivity index (χ3n) is 4.26. The van der Waals surface area contributed by atoms with E-state index in [0.29, 0.717) is 17.4 Å². The van der Waals surface area contributed by atoms with Crippen LogP contribution in [0.15, 0.2) is 24.4 Å². The number of morpholine rings is 1. The van der Waals surface area contributed by atoms with E-state index < -0.39 is 30.1 Å². The fourth-order valence-electron chi connectivity index (χ4n) is 2.96. The van der Waals surface area contributed by atoms with E-state index in [9.17, 15) is 19.5 Å². The molecule has 0 aromatic carbocycles. The minimum absolute atomic E-state index is 0.0659. The Morgan fingerprint density at radius 2 is 2.14 bits per heavy atom. The van der Waals surface area contributed by atoms with Gasteiger partial charge in [-0.1, -0.05) is 0 Å². The largest absolute Gasteiger partial charge is 0.481 e. The normalized spacial score (nSPS) is 17.7. The number of aliphatic carboxylic acids is 1. The van der Waals surface area contributed by atoms with E-state index in [2.05, 4.69) is 10.1 Å². The lowest BCUT2D eigenvalue weighted by Crippen LogP contribution is -2.55. The Kier molecular flexibility index (Phi) is 5.78. The second-order valence-electron chi connectivity index (χ2n) is 6.26. The summed E-state index contributed by atoms with van der Waals surface area (Å²) in [7, 11) is 1.50. The molecule has 1 unspecified atom stereocenters. The summed E-state index contributed by atoms with van der Waals surface area (Å²) in [5, 5.41) is 13.8. The fourth-order valence-corrected chi connectivity index (χ4v) is 2.96. The first kappa shape index (κ1) is 20.3. The van der Waals surface area contributed by atoms with E-state index in [0.717, 1.165) is 12.6 Å². The quantitative estimate of drug-likeness (QED) is 0.676. The average molecular weight is 404 g/mol. The lowest BCUT2D eigenvalue weighted by molar-refractivity contribution is -0.177. The molecule has 1 amide bonds. The van der Waals surface area contributed by atoms with Crippen LogP contribution < -0.4 is 9.64 Å². The van der Waals surface area contributed by atoms with Crippen molar-refractivity contribution in [1.82, 2.24) is 14.8 Å². The zero-order valence-electron chi connectivity index (χ0n) is 16.1. The van der Waals surface area contributed by atoms with Gasteiger partial charge in [0.2, 0.25) is 12.0 Å². The predicted octanol–water partition coefficient (Wildman–Crippen LogP) is 0.332. The Morgan fingerprint density at radius 1 is 1.38 bits per heavy atom. The maximum atomic E-state index is 12.9. The third kappa shape index (κ3) is 4.19. The Morgan fingerprint density at radius 3 is 2.79 bits per heavy atom. The topological polar surface area (TPSA) is 133 Å². The van der Waals surface area contributed by atoms with Crippen molar-refractivity contribution in [3.63, 3.8) is 0 Å². The molecule has 0 bridgehead atoms.